The number of benzene rings is 2. The van der Waals surface area contributed by atoms with Gasteiger partial charge in [0.15, 0.2) is 0 Å². The van der Waals surface area contributed by atoms with Crippen LogP contribution in [0.25, 0.3) is 10.9 Å². The molecule has 1 aliphatic rings. The molecule has 7 heteroatoms. The van der Waals surface area contributed by atoms with E-state index in [-0.39, 0.29) is 24.4 Å². The summed E-state index contributed by atoms with van der Waals surface area (Å²) in [5, 5.41) is 4.44. The molecule has 1 amide bonds. The smallest absolute Gasteiger partial charge is 0.225 e. The fraction of sp³-hybridized carbons (Fsp3) is 0.286. The van der Waals surface area contributed by atoms with E-state index in [1.807, 2.05) is 59.5 Å². The van der Waals surface area contributed by atoms with E-state index in [4.69, 9.17) is 5.73 Å². The van der Waals surface area contributed by atoms with Crippen molar-refractivity contribution in [3.05, 3.63) is 66.0 Å². The number of carbonyl (C=O) groups excluding carboxylic acids is 1. The molecule has 1 fully saturated rings. The topological polar surface area (TPSA) is 84.1 Å². The molecule has 1 saturated heterocycles. The molecule has 146 valence electrons. The van der Waals surface area contributed by atoms with E-state index in [0.717, 1.165) is 28.1 Å². The van der Waals surface area contributed by atoms with Crippen LogP contribution in [0.3, 0.4) is 0 Å². The van der Waals surface area contributed by atoms with Gasteiger partial charge in [0, 0.05) is 31.3 Å². The van der Waals surface area contributed by atoms with Crippen LogP contribution in [0.2, 0.25) is 0 Å². The fourth-order valence-corrected chi connectivity index (χ4v) is 3.49. The number of hydrogen-bond acceptors (Lipinski definition) is 5. The number of halogens is 1. The summed E-state index contributed by atoms with van der Waals surface area (Å²) in [7, 11) is 0. The van der Waals surface area contributed by atoms with Crippen LogP contribution in [0.15, 0.2) is 54.6 Å². The Hall–Kier alpha value is -2.70. The first-order chi connectivity index (χ1) is 13.2. The van der Waals surface area contributed by atoms with Crippen LogP contribution in [-0.4, -0.2) is 39.9 Å². The molecule has 6 nitrogen and oxygen atoms in total. The number of likely N-dealkylation sites (tertiary alicyclic amines) is 1. The Morgan fingerprint density at radius 1 is 1.07 bits per heavy atom. The molecular weight excluding hydrogens is 374 g/mol. The number of carbonyl (C=O) groups is 1. The van der Waals surface area contributed by atoms with Gasteiger partial charge in [0.2, 0.25) is 5.91 Å². The van der Waals surface area contributed by atoms with Crippen molar-refractivity contribution >= 4 is 35.0 Å². The van der Waals surface area contributed by atoms with E-state index >= 15 is 0 Å². The van der Waals surface area contributed by atoms with Crippen molar-refractivity contribution in [2.45, 2.75) is 25.4 Å². The second-order valence-electron chi connectivity index (χ2n) is 6.85. The van der Waals surface area contributed by atoms with Crippen molar-refractivity contribution in [1.29, 1.82) is 0 Å². The number of amides is 1. The van der Waals surface area contributed by atoms with E-state index < -0.39 is 0 Å². The summed E-state index contributed by atoms with van der Waals surface area (Å²) < 4.78 is 0. The maximum Gasteiger partial charge on any atom is 0.225 e. The standard InChI is InChI=1S/C21H23N5O.ClH/c22-11-10-19-24-18-9-5-4-8-17(18)21(25-19)23-16-12-20(27)26(14-16)13-15-6-2-1-3-7-15;/h1-9,16H,10-14,22H2,(H,23,24,25);1H. The summed E-state index contributed by atoms with van der Waals surface area (Å²) in [6, 6.07) is 18.0. The van der Waals surface area contributed by atoms with Crippen molar-refractivity contribution < 1.29 is 4.79 Å². The minimum Gasteiger partial charge on any atom is -0.364 e. The number of hydrogen-bond donors (Lipinski definition) is 2. The SMILES string of the molecule is Cl.NCCc1nc(NC2CC(=O)N(Cc3ccccc3)C2)c2ccccc2n1. The van der Waals surface area contributed by atoms with Crippen molar-refractivity contribution in [3.63, 3.8) is 0 Å². The number of para-hydroxylation sites is 1. The number of aromatic nitrogens is 2. The van der Waals surface area contributed by atoms with Crippen LogP contribution in [0, 0.1) is 0 Å². The van der Waals surface area contributed by atoms with Crippen LogP contribution in [0.1, 0.15) is 17.8 Å². The molecule has 0 saturated carbocycles. The van der Waals surface area contributed by atoms with Gasteiger partial charge in [0.1, 0.15) is 11.6 Å². The lowest BCUT2D eigenvalue weighted by atomic mass is 10.2. The minimum absolute atomic E-state index is 0. The lowest BCUT2D eigenvalue weighted by Gasteiger charge is -2.18. The molecular formula is C21H24ClN5O. The number of rotatable bonds is 6. The summed E-state index contributed by atoms with van der Waals surface area (Å²) in [6.07, 6.45) is 1.10. The zero-order chi connectivity index (χ0) is 18.6. The average Bonchev–Trinajstić information content (AvgIpc) is 3.02. The Morgan fingerprint density at radius 2 is 1.82 bits per heavy atom. The van der Waals surface area contributed by atoms with Crippen molar-refractivity contribution in [3.8, 4) is 0 Å². The monoisotopic (exact) mass is 397 g/mol. The Bertz CT molecular complexity index is 950. The van der Waals surface area contributed by atoms with E-state index in [9.17, 15) is 4.79 Å². The molecule has 0 spiro atoms. The van der Waals surface area contributed by atoms with Gasteiger partial charge in [-0.1, -0.05) is 42.5 Å². The Kier molecular flexibility index (Phi) is 6.44. The zero-order valence-electron chi connectivity index (χ0n) is 15.5. The first kappa shape index (κ1) is 20.0. The normalized spacial score (nSPS) is 16.2. The molecule has 2 heterocycles. The largest absolute Gasteiger partial charge is 0.364 e. The number of anilines is 1. The first-order valence-electron chi connectivity index (χ1n) is 9.27. The van der Waals surface area contributed by atoms with Gasteiger partial charge in [0.05, 0.1) is 11.6 Å². The molecule has 3 aromatic rings. The third-order valence-corrected chi connectivity index (χ3v) is 4.79. The molecule has 1 aliphatic heterocycles. The van der Waals surface area contributed by atoms with Gasteiger partial charge < -0.3 is 16.0 Å². The van der Waals surface area contributed by atoms with Crippen molar-refractivity contribution in [2.24, 2.45) is 5.73 Å². The molecule has 0 aliphatic carbocycles. The Balaban J connectivity index is 0.00000225. The van der Waals surface area contributed by atoms with Gasteiger partial charge in [0.25, 0.3) is 0 Å². The second-order valence-corrected chi connectivity index (χ2v) is 6.85. The van der Waals surface area contributed by atoms with E-state index in [1.165, 1.54) is 0 Å². The van der Waals surface area contributed by atoms with Gasteiger partial charge in [-0.05, 0) is 24.2 Å². The molecule has 3 N–H and O–H groups in total. The number of nitrogens with one attached hydrogen (secondary N) is 1. The lowest BCUT2D eigenvalue weighted by Crippen LogP contribution is -2.28. The van der Waals surface area contributed by atoms with Crippen LogP contribution in [0.4, 0.5) is 5.82 Å². The predicted octanol–water partition coefficient (Wildman–Crippen LogP) is 2.77. The van der Waals surface area contributed by atoms with Crippen molar-refractivity contribution in [2.75, 3.05) is 18.4 Å². The fourth-order valence-electron chi connectivity index (χ4n) is 3.49. The van der Waals surface area contributed by atoms with Crippen LogP contribution < -0.4 is 11.1 Å². The third kappa shape index (κ3) is 4.40. The van der Waals surface area contributed by atoms with E-state index in [0.29, 0.717) is 32.5 Å². The maximum absolute atomic E-state index is 12.4. The molecule has 0 radical (unpaired) electrons. The van der Waals surface area contributed by atoms with Crippen LogP contribution in [0.5, 0.6) is 0 Å². The molecule has 28 heavy (non-hydrogen) atoms. The molecule has 4 rings (SSSR count). The number of nitrogens with zero attached hydrogens (tertiary/aromatic N) is 3. The Morgan fingerprint density at radius 3 is 2.61 bits per heavy atom. The quantitative estimate of drug-likeness (QED) is 0.668. The van der Waals surface area contributed by atoms with Gasteiger partial charge in [-0.25, -0.2) is 9.97 Å². The minimum atomic E-state index is 0. The second kappa shape index (κ2) is 8.99. The highest BCUT2D eigenvalue weighted by Crippen LogP contribution is 2.24. The summed E-state index contributed by atoms with van der Waals surface area (Å²) in [6.45, 7) is 1.81. The van der Waals surface area contributed by atoms with Crippen LogP contribution >= 0.6 is 12.4 Å². The summed E-state index contributed by atoms with van der Waals surface area (Å²) in [5.41, 5.74) is 7.71. The number of fused-ring (bicyclic) bond motifs is 1. The lowest BCUT2D eigenvalue weighted by molar-refractivity contribution is -0.128. The van der Waals surface area contributed by atoms with Gasteiger partial charge >= 0.3 is 0 Å². The molecule has 1 unspecified atom stereocenters. The zero-order valence-corrected chi connectivity index (χ0v) is 16.4. The molecule has 2 aromatic carbocycles. The summed E-state index contributed by atoms with van der Waals surface area (Å²) in [4.78, 5) is 23.6. The van der Waals surface area contributed by atoms with Gasteiger partial charge in [-0.15, -0.1) is 12.4 Å². The average molecular weight is 398 g/mol. The summed E-state index contributed by atoms with van der Waals surface area (Å²) in [5.74, 6) is 1.67. The van der Waals surface area contributed by atoms with E-state index in [2.05, 4.69) is 15.3 Å². The summed E-state index contributed by atoms with van der Waals surface area (Å²) >= 11 is 0. The molecule has 1 aromatic heterocycles. The molecule has 0 bridgehead atoms. The highest BCUT2D eigenvalue weighted by atomic mass is 35.5. The number of nitrogens with two attached hydrogens (primary N) is 1. The van der Waals surface area contributed by atoms with Crippen LogP contribution in [-0.2, 0) is 17.8 Å². The first-order valence-corrected chi connectivity index (χ1v) is 9.27. The van der Waals surface area contributed by atoms with Gasteiger partial charge in [-0.3, -0.25) is 4.79 Å². The highest BCUT2D eigenvalue weighted by Gasteiger charge is 2.30. The van der Waals surface area contributed by atoms with Crippen molar-refractivity contribution in [1.82, 2.24) is 14.9 Å². The van der Waals surface area contributed by atoms with E-state index in [1.54, 1.807) is 0 Å². The molecule has 1 atom stereocenters. The third-order valence-electron chi connectivity index (χ3n) is 4.79. The Labute approximate surface area is 170 Å². The van der Waals surface area contributed by atoms with Gasteiger partial charge in [-0.2, -0.15) is 0 Å². The highest BCUT2D eigenvalue weighted by molar-refractivity contribution is 5.89. The predicted molar refractivity (Wildman–Crippen MR) is 113 cm³/mol. The maximum atomic E-state index is 12.4.